The molecule has 6 heteroatoms. The molecular weight excluding hydrogens is 223 g/mol. The Hall–Kier alpha value is -1.72. The van der Waals surface area contributed by atoms with E-state index in [1.54, 1.807) is 27.8 Å². The lowest BCUT2D eigenvalue weighted by Crippen LogP contribution is -2.39. The first kappa shape index (κ1) is 13.3. The van der Waals surface area contributed by atoms with Crippen LogP contribution in [-0.4, -0.2) is 29.5 Å². The van der Waals surface area contributed by atoms with Crippen LogP contribution in [0, 0.1) is 18.2 Å². The van der Waals surface area contributed by atoms with Gasteiger partial charge >= 0.3 is 0 Å². The van der Waals surface area contributed by atoms with Crippen molar-refractivity contribution in [1.29, 1.82) is 0 Å². The van der Waals surface area contributed by atoms with Crippen LogP contribution in [0.15, 0.2) is 6.33 Å². The second kappa shape index (κ2) is 5.07. The fourth-order valence-electron chi connectivity index (χ4n) is 1.30. The van der Waals surface area contributed by atoms with E-state index in [0.29, 0.717) is 6.54 Å². The summed E-state index contributed by atoms with van der Waals surface area (Å²) >= 11 is 0. The van der Waals surface area contributed by atoms with Crippen LogP contribution in [0.3, 0.4) is 0 Å². The molecule has 1 heterocycles. The van der Waals surface area contributed by atoms with Gasteiger partial charge in [-0.3, -0.25) is 4.79 Å². The minimum atomic E-state index is -0.639. The highest BCUT2D eigenvalue weighted by atomic mass is 19.1. The van der Waals surface area contributed by atoms with E-state index in [1.807, 2.05) is 0 Å². The highest BCUT2D eigenvalue weighted by Gasteiger charge is 2.26. The molecule has 94 valence electrons. The molecular formula is C11H17FN4O. The number of carbonyl (C=O) groups excluding carboxylic acids is 1. The molecule has 0 aromatic carbocycles. The van der Waals surface area contributed by atoms with E-state index in [9.17, 15) is 9.18 Å². The third-order valence-corrected chi connectivity index (χ3v) is 2.50. The molecule has 0 radical (unpaired) electrons. The van der Waals surface area contributed by atoms with E-state index >= 15 is 0 Å². The van der Waals surface area contributed by atoms with Crippen LogP contribution in [0.5, 0.6) is 0 Å². The maximum atomic E-state index is 13.6. The molecule has 2 N–H and O–H groups in total. The van der Waals surface area contributed by atoms with Gasteiger partial charge in [0.05, 0.1) is 11.1 Å². The molecule has 0 saturated carbocycles. The summed E-state index contributed by atoms with van der Waals surface area (Å²) in [6, 6.07) is 0. The Morgan fingerprint density at radius 2 is 2.12 bits per heavy atom. The summed E-state index contributed by atoms with van der Waals surface area (Å²) in [5.74, 6) is -0.481. The predicted octanol–water partition coefficient (Wildman–Crippen LogP) is 1.11. The summed E-state index contributed by atoms with van der Waals surface area (Å²) in [6.45, 7) is 5.39. The number of anilines is 1. The molecule has 0 aliphatic heterocycles. The Bertz CT molecular complexity index is 420. The van der Waals surface area contributed by atoms with Gasteiger partial charge in [0.1, 0.15) is 6.33 Å². The topological polar surface area (TPSA) is 66.9 Å². The fraction of sp³-hybridized carbons (Fsp3) is 0.545. The normalized spacial score (nSPS) is 11.1. The molecule has 5 nitrogen and oxygen atoms in total. The van der Waals surface area contributed by atoms with Crippen molar-refractivity contribution in [2.24, 2.45) is 5.41 Å². The Balaban J connectivity index is 2.74. The largest absolute Gasteiger partial charge is 0.366 e. The average Bonchev–Trinajstić information content (AvgIpc) is 2.30. The molecule has 0 unspecified atom stereocenters. The zero-order chi connectivity index (χ0) is 13.1. The van der Waals surface area contributed by atoms with Gasteiger partial charge in [0.2, 0.25) is 5.91 Å². The standard InChI is InChI=1S/C11H17FN4O/c1-7-8(12)9(16-6-15-7)14-5-11(2,3)10(17)13-4/h6H,5H2,1-4H3,(H,13,17)(H,14,15,16). The molecule has 0 aliphatic rings. The quantitative estimate of drug-likeness (QED) is 0.827. The SMILES string of the molecule is CNC(=O)C(C)(C)CNc1ncnc(C)c1F. The lowest BCUT2D eigenvalue weighted by atomic mass is 9.92. The number of nitrogens with zero attached hydrogens (tertiary/aromatic N) is 2. The van der Waals surface area contributed by atoms with Crippen LogP contribution < -0.4 is 10.6 Å². The monoisotopic (exact) mass is 240 g/mol. The second-order valence-electron chi connectivity index (χ2n) is 4.44. The fourth-order valence-corrected chi connectivity index (χ4v) is 1.30. The summed E-state index contributed by atoms with van der Waals surface area (Å²) in [6.07, 6.45) is 1.29. The minimum Gasteiger partial charge on any atom is -0.366 e. The highest BCUT2D eigenvalue weighted by Crippen LogP contribution is 2.18. The van der Waals surface area contributed by atoms with Gasteiger partial charge in [-0.2, -0.15) is 0 Å². The smallest absolute Gasteiger partial charge is 0.227 e. The van der Waals surface area contributed by atoms with Crippen LogP contribution in [0.4, 0.5) is 10.2 Å². The summed E-state index contributed by atoms with van der Waals surface area (Å²) in [7, 11) is 1.57. The maximum absolute atomic E-state index is 13.6. The average molecular weight is 240 g/mol. The summed E-state index contributed by atoms with van der Waals surface area (Å²) < 4.78 is 13.6. The minimum absolute atomic E-state index is 0.115. The molecule has 1 amide bonds. The summed E-state index contributed by atoms with van der Waals surface area (Å²) in [5, 5.41) is 5.38. The zero-order valence-electron chi connectivity index (χ0n) is 10.5. The van der Waals surface area contributed by atoms with Crippen molar-refractivity contribution in [1.82, 2.24) is 15.3 Å². The Labute approximate surface area is 99.9 Å². The molecule has 17 heavy (non-hydrogen) atoms. The van der Waals surface area contributed by atoms with Crippen molar-refractivity contribution in [2.45, 2.75) is 20.8 Å². The second-order valence-corrected chi connectivity index (χ2v) is 4.44. The molecule has 0 spiro atoms. The third-order valence-electron chi connectivity index (χ3n) is 2.50. The van der Waals surface area contributed by atoms with Crippen LogP contribution >= 0.6 is 0 Å². The molecule has 0 aliphatic carbocycles. The van der Waals surface area contributed by atoms with Gasteiger partial charge in [0.15, 0.2) is 11.6 Å². The van der Waals surface area contributed by atoms with Crippen LogP contribution in [0.1, 0.15) is 19.5 Å². The number of aromatic nitrogens is 2. The number of nitrogens with one attached hydrogen (secondary N) is 2. The number of aryl methyl sites for hydroxylation is 1. The van der Waals surface area contributed by atoms with Crippen LogP contribution in [-0.2, 0) is 4.79 Å². The Kier molecular flexibility index (Phi) is 3.98. The number of rotatable bonds is 4. The van der Waals surface area contributed by atoms with E-state index in [1.165, 1.54) is 6.33 Å². The lowest BCUT2D eigenvalue weighted by molar-refractivity contribution is -0.128. The van der Waals surface area contributed by atoms with Gasteiger partial charge < -0.3 is 10.6 Å². The Morgan fingerprint density at radius 3 is 2.71 bits per heavy atom. The van der Waals surface area contributed by atoms with Gasteiger partial charge in [0, 0.05) is 13.6 Å². The van der Waals surface area contributed by atoms with Crippen LogP contribution in [0.2, 0.25) is 0 Å². The maximum Gasteiger partial charge on any atom is 0.227 e. The van der Waals surface area contributed by atoms with Gasteiger partial charge in [-0.05, 0) is 20.8 Å². The van der Waals surface area contributed by atoms with E-state index in [4.69, 9.17) is 0 Å². The molecule has 0 atom stereocenters. The number of carbonyl (C=O) groups is 1. The molecule has 1 rings (SSSR count). The van der Waals surface area contributed by atoms with Gasteiger partial charge in [-0.15, -0.1) is 0 Å². The van der Waals surface area contributed by atoms with Crippen molar-refractivity contribution in [3.8, 4) is 0 Å². The lowest BCUT2D eigenvalue weighted by Gasteiger charge is -2.23. The first-order chi connectivity index (χ1) is 7.88. The summed E-state index contributed by atoms with van der Waals surface area (Å²) in [4.78, 5) is 19.1. The number of halogens is 1. The number of hydrogen-bond acceptors (Lipinski definition) is 4. The molecule has 0 saturated heterocycles. The van der Waals surface area contributed by atoms with Gasteiger partial charge in [-0.1, -0.05) is 0 Å². The van der Waals surface area contributed by atoms with E-state index < -0.39 is 11.2 Å². The van der Waals surface area contributed by atoms with Crippen LogP contribution in [0.25, 0.3) is 0 Å². The van der Waals surface area contributed by atoms with Gasteiger partial charge in [0.25, 0.3) is 0 Å². The van der Waals surface area contributed by atoms with E-state index in [-0.39, 0.29) is 17.4 Å². The van der Waals surface area contributed by atoms with Gasteiger partial charge in [-0.25, -0.2) is 14.4 Å². The van der Waals surface area contributed by atoms with Crippen molar-refractivity contribution in [2.75, 3.05) is 18.9 Å². The first-order valence-electron chi connectivity index (χ1n) is 5.31. The molecule has 0 fully saturated rings. The Morgan fingerprint density at radius 1 is 1.47 bits per heavy atom. The zero-order valence-corrected chi connectivity index (χ0v) is 10.5. The first-order valence-corrected chi connectivity index (χ1v) is 5.31. The van der Waals surface area contributed by atoms with Crippen molar-refractivity contribution in [3.63, 3.8) is 0 Å². The predicted molar refractivity (Wildman–Crippen MR) is 63.1 cm³/mol. The number of hydrogen-bond donors (Lipinski definition) is 2. The van der Waals surface area contributed by atoms with Crippen molar-refractivity contribution in [3.05, 3.63) is 17.8 Å². The third kappa shape index (κ3) is 3.12. The van der Waals surface area contributed by atoms with Crippen molar-refractivity contribution >= 4 is 11.7 Å². The van der Waals surface area contributed by atoms with E-state index in [0.717, 1.165) is 0 Å². The molecule has 0 bridgehead atoms. The summed E-state index contributed by atoms with van der Waals surface area (Å²) in [5.41, 5.74) is -0.361. The van der Waals surface area contributed by atoms with E-state index in [2.05, 4.69) is 20.6 Å². The van der Waals surface area contributed by atoms with Crippen molar-refractivity contribution < 1.29 is 9.18 Å². The molecule has 1 aromatic heterocycles. The molecule has 1 aromatic rings. The highest BCUT2D eigenvalue weighted by molar-refractivity contribution is 5.82. The number of amides is 1.